The summed E-state index contributed by atoms with van der Waals surface area (Å²) in [6.07, 6.45) is 0. The van der Waals surface area contributed by atoms with Crippen molar-refractivity contribution >= 4 is 160 Å². The van der Waals surface area contributed by atoms with E-state index in [1.807, 2.05) is 18.2 Å². The van der Waals surface area contributed by atoms with E-state index in [1.165, 1.54) is 0 Å². The topological polar surface area (TPSA) is 286 Å². The van der Waals surface area contributed by atoms with Gasteiger partial charge in [-0.05, 0) is 121 Å². The third kappa shape index (κ3) is 3.68. The first-order valence-corrected chi connectivity index (χ1v) is 19.1. The van der Waals surface area contributed by atoms with E-state index in [0.29, 0.717) is 16.8 Å². The number of nitrogen functional groups attached to an aromatic ring is 11. The zero-order valence-electron chi connectivity index (χ0n) is 31.5. The van der Waals surface area contributed by atoms with E-state index < -0.39 is 0 Å². The summed E-state index contributed by atoms with van der Waals surface area (Å²) in [6.45, 7) is 0. The molecule has 12 aromatic rings. The third-order valence-electron chi connectivity index (χ3n) is 13.1. The minimum absolute atomic E-state index is 0.121. The van der Waals surface area contributed by atoms with Gasteiger partial charge in [0.1, 0.15) is 0 Å². The predicted octanol–water partition coefficient (Wildman–Crippen LogP) is 9.12. The van der Waals surface area contributed by atoms with Gasteiger partial charge < -0.3 is 63.1 Å². The number of fused-ring (bicyclic) bond motifs is 8. The quantitative estimate of drug-likeness (QED) is 0.0582. The zero-order valence-corrected chi connectivity index (χ0v) is 31.5. The summed E-state index contributed by atoms with van der Waals surface area (Å²) in [6, 6.07) is 31.7. The standard InChI is InChI=1S/C48H37N11/c49-19-12-17-9-8-16-10-11-24-31-26(14-18(13-19)28(17)29(16)31)34-33(24)36(38-41(52)45(56)48(59)46(57)42(38)53)32-23-7-3-6-22-20-4-1-2-5-21(20)25(30(22)23)15-27(32)35(34)37-39(50)43(54)47(58)44(55)40(37)51/h1-15H,49-59H2. The maximum atomic E-state index is 7.11. The van der Waals surface area contributed by atoms with Gasteiger partial charge in [0.05, 0.1) is 56.9 Å². The average Bonchev–Trinajstić information content (AvgIpc) is 3.74. The molecule has 0 radical (unpaired) electrons. The Labute approximate surface area is 334 Å². The Morgan fingerprint density at radius 1 is 0.220 bits per heavy atom. The molecule has 0 unspecified atom stereocenters. The second-order valence-corrected chi connectivity index (χ2v) is 15.9. The summed E-state index contributed by atoms with van der Waals surface area (Å²) >= 11 is 0. The maximum absolute atomic E-state index is 7.11. The van der Waals surface area contributed by atoms with Gasteiger partial charge >= 0.3 is 0 Å². The Balaban J connectivity index is 1.51. The van der Waals surface area contributed by atoms with Crippen LogP contribution in [0.1, 0.15) is 0 Å². The fourth-order valence-electron chi connectivity index (χ4n) is 10.5. The van der Waals surface area contributed by atoms with Gasteiger partial charge in [-0.3, -0.25) is 0 Å². The smallest absolute Gasteiger partial charge is 0.0824 e. The molecule has 0 aliphatic rings. The lowest BCUT2D eigenvalue weighted by molar-refractivity contribution is 1.61. The summed E-state index contributed by atoms with van der Waals surface area (Å²) in [4.78, 5) is 0. The molecule has 0 aliphatic carbocycles. The van der Waals surface area contributed by atoms with Crippen LogP contribution >= 0.6 is 0 Å². The van der Waals surface area contributed by atoms with Gasteiger partial charge in [0.25, 0.3) is 0 Å². The van der Waals surface area contributed by atoms with Crippen LogP contribution in [0.15, 0.2) is 91.0 Å². The highest BCUT2D eigenvalue weighted by Gasteiger charge is 2.32. The second kappa shape index (κ2) is 10.5. The summed E-state index contributed by atoms with van der Waals surface area (Å²) in [5, 5.41) is 17.8. The van der Waals surface area contributed by atoms with Crippen LogP contribution in [-0.2, 0) is 0 Å². The molecule has 22 N–H and O–H groups in total. The Bertz CT molecular complexity index is 3850. The van der Waals surface area contributed by atoms with E-state index in [1.54, 1.807) is 0 Å². The van der Waals surface area contributed by atoms with Crippen molar-refractivity contribution in [1.82, 2.24) is 0 Å². The highest BCUT2D eigenvalue weighted by atomic mass is 14.8. The molecule has 284 valence electrons. The molecular formula is C48H37N11. The molecule has 12 rings (SSSR count). The summed E-state index contributed by atoms with van der Waals surface area (Å²) in [7, 11) is 0. The molecule has 0 atom stereocenters. The van der Waals surface area contributed by atoms with Crippen LogP contribution in [0.25, 0.3) is 119 Å². The van der Waals surface area contributed by atoms with Crippen molar-refractivity contribution in [2.45, 2.75) is 0 Å². The number of benzene rings is 10. The van der Waals surface area contributed by atoms with Crippen LogP contribution in [0, 0.1) is 0 Å². The Morgan fingerprint density at radius 3 is 1.37 bits per heavy atom. The van der Waals surface area contributed by atoms with Crippen molar-refractivity contribution in [3.63, 3.8) is 0 Å². The first kappa shape index (κ1) is 32.8. The van der Waals surface area contributed by atoms with Gasteiger partial charge in [-0.25, -0.2) is 0 Å². The number of hydrogen-bond donors (Lipinski definition) is 11. The summed E-state index contributed by atoms with van der Waals surface area (Å²) in [5.41, 5.74) is 79.5. The maximum Gasteiger partial charge on any atom is 0.0824 e. The number of nitrogens with two attached hydrogens (primary N) is 11. The molecule has 11 nitrogen and oxygen atoms in total. The van der Waals surface area contributed by atoms with E-state index in [0.717, 1.165) is 108 Å². The first-order valence-electron chi connectivity index (χ1n) is 19.1. The molecular weight excluding hydrogens is 731 g/mol. The van der Waals surface area contributed by atoms with E-state index in [9.17, 15) is 0 Å². The van der Waals surface area contributed by atoms with Crippen LogP contribution in [-0.4, -0.2) is 0 Å². The molecule has 0 saturated heterocycles. The molecule has 0 aromatic heterocycles. The van der Waals surface area contributed by atoms with Crippen LogP contribution in [0.2, 0.25) is 0 Å². The largest absolute Gasteiger partial charge is 0.399 e. The Kier molecular flexibility index (Phi) is 5.83. The minimum atomic E-state index is 0.121. The molecule has 0 saturated carbocycles. The van der Waals surface area contributed by atoms with E-state index >= 15 is 0 Å². The molecule has 0 bridgehead atoms. The van der Waals surface area contributed by atoms with Crippen LogP contribution in [0.4, 0.5) is 62.6 Å². The van der Waals surface area contributed by atoms with Crippen molar-refractivity contribution in [3.8, 4) is 22.3 Å². The SMILES string of the molecule is Nc1cc2ccc3ccc4c5c(-c6c(N)c(N)c(N)c(N)c6N)c6c(cc7c8ccccc8c8cccc6c87)c(-c6c(N)c(N)c(N)c(N)c6N)c5c5cc(c1)c2c3c54. The van der Waals surface area contributed by atoms with Gasteiger partial charge in [0, 0.05) is 27.9 Å². The number of anilines is 11. The number of rotatable bonds is 2. The zero-order chi connectivity index (χ0) is 40.7. The van der Waals surface area contributed by atoms with Gasteiger partial charge in [-0.15, -0.1) is 0 Å². The van der Waals surface area contributed by atoms with E-state index in [4.69, 9.17) is 63.1 Å². The first-order chi connectivity index (χ1) is 28.4. The molecule has 12 aromatic carbocycles. The summed E-state index contributed by atoms with van der Waals surface area (Å²) < 4.78 is 0. The van der Waals surface area contributed by atoms with Crippen LogP contribution < -0.4 is 63.1 Å². The van der Waals surface area contributed by atoms with Gasteiger partial charge in [0.15, 0.2) is 0 Å². The minimum Gasteiger partial charge on any atom is -0.399 e. The highest BCUT2D eigenvalue weighted by molar-refractivity contribution is 6.49. The fraction of sp³-hybridized carbons (Fsp3) is 0. The Morgan fingerprint density at radius 2 is 0.712 bits per heavy atom. The van der Waals surface area contributed by atoms with Gasteiger partial charge in [0.2, 0.25) is 0 Å². The number of hydrogen-bond acceptors (Lipinski definition) is 11. The van der Waals surface area contributed by atoms with Crippen molar-refractivity contribution in [3.05, 3.63) is 91.0 Å². The lowest BCUT2D eigenvalue weighted by atomic mass is 9.81. The predicted molar refractivity (Wildman–Crippen MR) is 257 cm³/mol. The van der Waals surface area contributed by atoms with Crippen molar-refractivity contribution in [2.24, 2.45) is 0 Å². The van der Waals surface area contributed by atoms with E-state index in [-0.39, 0.29) is 56.9 Å². The van der Waals surface area contributed by atoms with Crippen molar-refractivity contribution < 1.29 is 0 Å². The van der Waals surface area contributed by atoms with Gasteiger partial charge in [-0.1, -0.05) is 66.7 Å². The molecule has 0 heterocycles. The van der Waals surface area contributed by atoms with Crippen molar-refractivity contribution in [2.75, 3.05) is 63.1 Å². The molecule has 0 amide bonds. The highest BCUT2D eigenvalue weighted by Crippen LogP contribution is 2.60. The molecule has 11 heteroatoms. The van der Waals surface area contributed by atoms with Crippen LogP contribution in [0.3, 0.4) is 0 Å². The fourth-order valence-corrected chi connectivity index (χ4v) is 10.5. The van der Waals surface area contributed by atoms with Crippen molar-refractivity contribution in [1.29, 1.82) is 0 Å². The normalized spacial score (nSPS) is 12.5. The summed E-state index contributed by atoms with van der Waals surface area (Å²) in [5.74, 6) is 0. The second-order valence-electron chi connectivity index (χ2n) is 15.9. The monoisotopic (exact) mass is 767 g/mol. The van der Waals surface area contributed by atoms with Crippen LogP contribution in [0.5, 0.6) is 0 Å². The lowest BCUT2D eigenvalue weighted by Gasteiger charge is -2.24. The lowest BCUT2D eigenvalue weighted by Crippen LogP contribution is -2.10. The van der Waals surface area contributed by atoms with E-state index in [2.05, 4.69) is 72.8 Å². The molecule has 0 fully saturated rings. The Hall–Kier alpha value is -8.44. The molecule has 0 aliphatic heterocycles. The average molecular weight is 768 g/mol. The molecule has 0 spiro atoms. The third-order valence-corrected chi connectivity index (χ3v) is 13.1. The molecule has 59 heavy (non-hydrogen) atoms. The van der Waals surface area contributed by atoms with Gasteiger partial charge in [-0.2, -0.15) is 0 Å².